The highest BCUT2D eigenvalue weighted by atomic mass is 32.1. The Bertz CT molecular complexity index is 757. The molecular formula is C15H13N3O3S. The topological polar surface area (TPSA) is 96.0 Å². The first kappa shape index (κ1) is 15.7. The lowest BCUT2D eigenvalue weighted by Gasteiger charge is -2.26. The van der Waals surface area contributed by atoms with Crippen molar-refractivity contribution in [1.29, 1.82) is 5.26 Å². The van der Waals surface area contributed by atoms with Crippen molar-refractivity contribution in [3.05, 3.63) is 61.8 Å². The fourth-order valence-electron chi connectivity index (χ4n) is 1.99. The highest BCUT2D eigenvalue weighted by Gasteiger charge is 2.25. The van der Waals surface area contributed by atoms with Gasteiger partial charge >= 0.3 is 0 Å². The van der Waals surface area contributed by atoms with Crippen LogP contribution < -0.4 is 5.32 Å². The van der Waals surface area contributed by atoms with Crippen LogP contribution in [0.4, 0.5) is 5.69 Å². The molecule has 22 heavy (non-hydrogen) atoms. The number of rotatable bonds is 4. The van der Waals surface area contributed by atoms with Crippen molar-refractivity contribution in [2.45, 2.75) is 19.4 Å². The predicted molar refractivity (Wildman–Crippen MR) is 82.6 cm³/mol. The highest BCUT2D eigenvalue weighted by molar-refractivity contribution is 7.12. The summed E-state index contributed by atoms with van der Waals surface area (Å²) < 4.78 is 0. The number of nitro groups is 1. The number of thiophene rings is 1. The summed E-state index contributed by atoms with van der Waals surface area (Å²) in [5.74, 6) is -0.338. The minimum Gasteiger partial charge on any atom is -0.342 e. The third kappa shape index (κ3) is 3.13. The van der Waals surface area contributed by atoms with E-state index in [1.807, 2.05) is 6.07 Å². The smallest absolute Gasteiger partial charge is 0.269 e. The van der Waals surface area contributed by atoms with E-state index in [1.165, 1.54) is 23.5 Å². The summed E-state index contributed by atoms with van der Waals surface area (Å²) in [5, 5.41) is 24.2. The number of non-ortho nitro benzene ring substituents is 1. The third-order valence-electron chi connectivity index (χ3n) is 3.22. The quantitative estimate of drug-likeness (QED) is 0.692. The standard InChI is InChI=1S/C15H13N3O3S/c1-15(2,11-3-5-12(6-4-11)18(20)21)17-14(19)13-10(9-16)7-8-22-13/h3-8H,1-2H3,(H,17,19). The average Bonchev–Trinajstić information content (AvgIpc) is 2.95. The number of benzene rings is 1. The molecule has 1 heterocycles. The number of nitriles is 1. The van der Waals surface area contributed by atoms with Gasteiger partial charge in [0, 0.05) is 12.1 Å². The molecule has 0 saturated heterocycles. The van der Waals surface area contributed by atoms with E-state index in [0.717, 1.165) is 5.56 Å². The molecule has 112 valence electrons. The van der Waals surface area contributed by atoms with Crippen LogP contribution in [-0.4, -0.2) is 10.8 Å². The maximum Gasteiger partial charge on any atom is 0.269 e. The summed E-state index contributed by atoms with van der Waals surface area (Å²) in [5.41, 5.74) is 0.350. The Kier molecular flexibility index (Phi) is 4.24. The van der Waals surface area contributed by atoms with Crippen molar-refractivity contribution >= 4 is 22.9 Å². The molecule has 0 bridgehead atoms. The number of amides is 1. The minimum atomic E-state index is -0.719. The molecule has 1 amide bonds. The molecular weight excluding hydrogens is 302 g/mol. The van der Waals surface area contributed by atoms with Gasteiger partial charge in [0.25, 0.3) is 11.6 Å². The Morgan fingerprint density at radius 1 is 1.32 bits per heavy atom. The molecule has 0 atom stereocenters. The number of carbonyl (C=O) groups is 1. The van der Waals surface area contributed by atoms with E-state index >= 15 is 0 Å². The lowest BCUT2D eigenvalue weighted by Crippen LogP contribution is -2.40. The molecule has 0 radical (unpaired) electrons. The Labute approximate surface area is 131 Å². The van der Waals surface area contributed by atoms with Gasteiger partial charge < -0.3 is 5.32 Å². The minimum absolute atomic E-state index is 0.00380. The van der Waals surface area contributed by atoms with Gasteiger partial charge in [-0.1, -0.05) is 0 Å². The molecule has 0 aliphatic carbocycles. The zero-order valence-electron chi connectivity index (χ0n) is 12.0. The van der Waals surface area contributed by atoms with Gasteiger partial charge in [-0.05, 0) is 43.0 Å². The molecule has 1 N–H and O–H groups in total. The second kappa shape index (κ2) is 5.95. The molecule has 1 aromatic carbocycles. The Morgan fingerprint density at radius 2 is 1.95 bits per heavy atom. The fourth-order valence-corrected chi connectivity index (χ4v) is 2.72. The van der Waals surface area contributed by atoms with Crippen molar-refractivity contribution in [3.63, 3.8) is 0 Å². The van der Waals surface area contributed by atoms with E-state index in [0.29, 0.717) is 10.4 Å². The molecule has 0 saturated carbocycles. The number of nitro benzene ring substituents is 1. The summed E-state index contributed by atoms with van der Waals surface area (Å²) in [6.07, 6.45) is 0. The molecule has 0 unspecified atom stereocenters. The molecule has 0 spiro atoms. The van der Waals surface area contributed by atoms with Gasteiger partial charge in [0.2, 0.25) is 0 Å². The van der Waals surface area contributed by atoms with E-state index < -0.39 is 10.5 Å². The van der Waals surface area contributed by atoms with Crippen LogP contribution in [0, 0.1) is 21.4 Å². The SMILES string of the molecule is CC(C)(NC(=O)c1sccc1C#N)c1ccc([N+](=O)[O-])cc1. The van der Waals surface area contributed by atoms with Crippen LogP contribution in [0.5, 0.6) is 0 Å². The van der Waals surface area contributed by atoms with Crippen molar-refractivity contribution in [1.82, 2.24) is 5.32 Å². The molecule has 0 aliphatic rings. The zero-order valence-corrected chi connectivity index (χ0v) is 12.8. The first-order valence-corrected chi connectivity index (χ1v) is 7.28. The summed E-state index contributed by atoms with van der Waals surface area (Å²) >= 11 is 1.20. The molecule has 0 aliphatic heterocycles. The van der Waals surface area contributed by atoms with E-state index in [-0.39, 0.29) is 11.6 Å². The van der Waals surface area contributed by atoms with Crippen LogP contribution >= 0.6 is 11.3 Å². The van der Waals surface area contributed by atoms with Crippen LogP contribution in [0.15, 0.2) is 35.7 Å². The maximum atomic E-state index is 12.3. The van der Waals surface area contributed by atoms with E-state index in [9.17, 15) is 14.9 Å². The van der Waals surface area contributed by atoms with E-state index in [4.69, 9.17) is 5.26 Å². The zero-order chi connectivity index (χ0) is 16.3. The summed E-state index contributed by atoms with van der Waals surface area (Å²) in [7, 11) is 0. The van der Waals surface area contributed by atoms with Gasteiger partial charge in [-0.2, -0.15) is 5.26 Å². The van der Waals surface area contributed by atoms with E-state index in [2.05, 4.69) is 5.32 Å². The first-order chi connectivity index (χ1) is 10.3. The van der Waals surface area contributed by atoms with Gasteiger partial charge in [-0.25, -0.2) is 0 Å². The lowest BCUT2D eigenvalue weighted by molar-refractivity contribution is -0.384. The van der Waals surface area contributed by atoms with Crippen LogP contribution in [0.25, 0.3) is 0 Å². The van der Waals surface area contributed by atoms with E-state index in [1.54, 1.807) is 37.4 Å². The molecule has 0 fully saturated rings. The van der Waals surface area contributed by atoms with Crippen LogP contribution in [0.1, 0.15) is 34.6 Å². The number of nitrogens with zero attached hydrogens (tertiary/aromatic N) is 2. The molecule has 6 nitrogen and oxygen atoms in total. The van der Waals surface area contributed by atoms with Gasteiger partial charge in [0.15, 0.2) is 0 Å². The monoisotopic (exact) mass is 315 g/mol. The van der Waals surface area contributed by atoms with Crippen LogP contribution in [0.3, 0.4) is 0 Å². The average molecular weight is 315 g/mol. The van der Waals surface area contributed by atoms with Crippen molar-refractivity contribution < 1.29 is 9.72 Å². The molecule has 1 aromatic heterocycles. The van der Waals surface area contributed by atoms with Gasteiger partial charge in [-0.15, -0.1) is 11.3 Å². The number of hydrogen-bond acceptors (Lipinski definition) is 5. The maximum absolute atomic E-state index is 12.3. The van der Waals surface area contributed by atoms with Crippen molar-refractivity contribution in [2.75, 3.05) is 0 Å². The number of hydrogen-bond donors (Lipinski definition) is 1. The normalized spacial score (nSPS) is 10.8. The second-order valence-corrected chi connectivity index (χ2v) is 6.07. The van der Waals surface area contributed by atoms with Crippen molar-refractivity contribution in [3.8, 4) is 6.07 Å². The van der Waals surface area contributed by atoms with Crippen LogP contribution in [0.2, 0.25) is 0 Å². The predicted octanol–water partition coefficient (Wildman–Crippen LogP) is 3.19. The van der Waals surface area contributed by atoms with Crippen molar-refractivity contribution in [2.24, 2.45) is 0 Å². The number of nitrogens with one attached hydrogen (secondary N) is 1. The lowest BCUT2D eigenvalue weighted by atomic mass is 9.94. The second-order valence-electron chi connectivity index (χ2n) is 5.16. The van der Waals surface area contributed by atoms with Gasteiger partial charge in [0.05, 0.1) is 16.0 Å². The van der Waals surface area contributed by atoms with Gasteiger partial charge in [0.1, 0.15) is 10.9 Å². The third-order valence-corrected chi connectivity index (χ3v) is 4.13. The Morgan fingerprint density at radius 3 is 2.50 bits per heavy atom. The molecule has 2 aromatic rings. The largest absolute Gasteiger partial charge is 0.342 e. The number of carbonyl (C=O) groups excluding carboxylic acids is 1. The summed E-state index contributed by atoms with van der Waals surface area (Å²) in [4.78, 5) is 22.8. The molecule has 2 rings (SSSR count). The first-order valence-electron chi connectivity index (χ1n) is 6.40. The van der Waals surface area contributed by atoms with Gasteiger partial charge in [-0.3, -0.25) is 14.9 Å². The summed E-state index contributed by atoms with van der Waals surface area (Å²) in [6, 6.07) is 9.59. The fraction of sp³-hybridized carbons (Fsp3) is 0.200. The molecule has 7 heteroatoms. The highest BCUT2D eigenvalue weighted by Crippen LogP contribution is 2.24. The van der Waals surface area contributed by atoms with Crippen LogP contribution in [-0.2, 0) is 5.54 Å². The Hall–Kier alpha value is -2.72. The Balaban J connectivity index is 2.22. The summed E-state index contributed by atoms with van der Waals surface area (Å²) in [6.45, 7) is 3.59.